The van der Waals surface area contributed by atoms with Crippen LogP contribution in [-0.4, -0.2) is 43.2 Å². The van der Waals surface area contributed by atoms with E-state index in [2.05, 4.69) is 55.3 Å². The molecule has 3 unspecified atom stereocenters. The first-order valence-electron chi connectivity index (χ1n) is 8.34. The average Bonchev–Trinajstić information content (AvgIpc) is 2.78. The molecule has 2 aliphatic heterocycles. The zero-order chi connectivity index (χ0) is 14.8. The van der Waals surface area contributed by atoms with Crippen LogP contribution in [-0.2, 0) is 0 Å². The normalized spacial score (nSPS) is 30.0. The van der Waals surface area contributed by atoms with Crippen LogP contribution in [0.2, 0.25) is 0 Å². The first-order chi connectivity index (χ1) is 10.1. The largest absolute Gasteiger partial charge is 0.493 e. The molecule has 0 amide bonds. The van der Waals surface area contributed by atoms with E-state index in [9.17, 15) is 0 Å². The maximum Gasteiger partial charge on any atom is 0.122 e. The molecule has 1 aromatic rings. The van der Waals surface area contributed by atoms with Crippen molar-refractivity contribution in [2.45, 2.75) is 45.2 Å². The third-order valence-corrected chi connectivity index (χ3v) is 5.08. The van der Waals surface area contributed by atoms with Crippen molar-refractivity contribution < 1.29 is 4.74 Å². The first kappa shape index (κ1) is 14.9. The molecule has 0 aliphatic carbocycles. The van der Waals surface area contributed by atoms with E-state index < -0.39 is 0 Å². The van der Waals surface area contributed by atoms with Gasteiger partial charge in [-0.15, -0.1) is 0 Å². The molecule has 3 rings (SSSR count). The van der Waals surface area contributed by atoms with E-state index in [0.717, 1.165) is 32.0 Å². The van der Waals surface area contributed by atoms with Crippen LogP contribution in [0.25, 0.3) is 0 Å². The predicted octanol–water partition coefficient (Wildman–Crippen LogP) is 2.87. The van der Waals surface area contributed by atoms with Crippen molar-refractivity contribution in [1.29, 1.82) is 0 Å². The van der Waals surface area contributed by atoms with Gasteiger partial charge in [-0.2, -0.15) is 0 Å². The topological polar surface area (TPSA) is 24.5 Å². The SMILES string of the molecule is CC(C)C1CN(CC2COc3ccccc32)C(C)CCN1. The Morgan fingerprint density at radius 2 is 2.14 bits per heavy atom. The van der Waals surface area contributed by atoms with Crippen molar-refractivity contribution >= 4 is 0 Å². The molecule has 3 nitrogen and oxygen atoms in total. The molecule has 21 heavy (non-hydrogen) atoms. The summed E-state index contributed by atoms with van der Waals surface area (Å²) in [6.45, 7) is 11.2. The number of nitrogens with zero attached hydrogens (tertiary/aromatic N) is 1. The molecule has 1 fully saturated rings. The van der Waals surface area contributed by atoms with E-state index in [1.54, 1.807) is 0 Å². The summed E-state index contributed by atoms with van der Waals surface area (Å²) < 4.78 is 5.85. The van der Waals surface area contributed by atoms with Gasteiger partial charge in [-0.05, 0) is 31.9 Å². The third-order valence-electron chi connectivity index (χ3n) is 5.08. The maximum absolute atomic E-state index is 5.85. The van der Waals surface area contributed by atoms with Crippen LogP contribution in [0.5, 0.6) is 5.75 Å². The summed E-state index contributed by atoms with van der Waals surface area (Å²) in [5.41, 5.74) is 1.39. The highest BCUT2D eigenvalue weighted by atomic mass is 16.5. The molecule has 1 N–H and O–H groups in total. The summed E-state index contributed by atoms with van der Waals surface area (Å²) in [7, 11) is 0. The fourth-order valence-corrected chi connectivity index (χ4v) is 3.52. The standard InChI is InChI=1S/C18H28N2O/c1-13(2)17-11-20(14(3)8-9-19-17)10-15-12-21-18-7-5-4-6-16(15)18/h4-7,13-15,17,19H,8-12H2,1-3H3. The molecule has 0 radical (unpaired) electrons. The van der Waals surface area contributed by atoms with Gasteiger partial charge < -0.3 is 10.1 Å². The van der Waals surface area contributed by atoms with Crippen LogP contribution in [0.4, 0.5) is 0 Å². The molecular weight excluding hydrogens is 260 g/mol. The molecule has 3 heteroatoms. The Hall–Kier alpha value is -1.06. The Labute approximate surface area is 128 Å². The van der Waals surface area contributed by atoms with E-state index >= 15 is 0 Å². The number of fused-ring (bicyclic) bond motifs is 1. The lowest BCUT2D eigenvalue weighted by Gasteiger charge is -2.32. The third kappa shape index (κ3) is 3.24. The van der Waals surface area contributed by atoms with E-state index in [1.165, 1.54) is 12.0 Å². The zero-order valence-corrected chi connectivity index (χ0v) is 13.5. The number of nitrogens with one attached hydrogen (secondary N) is 1. The summed E-state index contributed by atoms with van der Waals surface area (Å²) in [6.07, 6.45) is 1.23. The van der Waals surface area contributed by atoms with Gasteiger partial charge in [-0.1, -0.05) is 32.0 Å². The molecule has 1 aromatic carbocycles. The number of rotatable bonds is 3. The van der Waals surface area contributed by atoms with Gasteiger partial charge in [-0.25, -0.2) is 0 Å². The Kier molecular flexibility index (Phi) is 4.51. The fourth-order valence-electron chi connectivity index (χ4n) is 3.52. The molecule has 116 valence electrons. The summed E-state index contributed by atoms with van der Waals surface area (Å²) in [6, 6.07) is 9.77. The van der Waals surface area contributed by atoms with Crippen LogP contribution >= 0.6 is 0 Å². The number of hydrogen-bond acceptors (Lipinski definition) is 3. The van der Waals surface area contributed by atoms with Crippen LogP contribution < -0.4 is 10.1 Å². The van der Waals surface area contributed by atoms with Crippen molar-refractivity contribution in [3.05, 3.63) is 29.8 Å². The Bertz CT molecular complexity index is 474. The molecule has 0 spiro atoms. The smallest absolute Gasteiger partial charge is 0.122 e. The number of ether oxygens (including phenoxy) is 1. The molecule has 2 heterocycles. The molecule has 3 atom stereocenters. The van der Waals surface area contributed by atoms with Gasteiger partial charge in [0.1, 0.15) is 5.75 Å². The average molecular weight is 288 g/mol. The number of hydrogen-bond donors (Lipinski definition) is 1. The van der Waals surface area contributed by atoms with Gasteiger partial charge in [0.2, 0.25) is 0 Å². The van der Waals surface area contributed by atoms with Crippen LogP contribution in [0.1, 0.15) is 38.7 Å². The van der Waals surface area contributed by atoms with E-state index in [-0.39, 0.29) is 0 Å². The van der Waals surface area contributed by atoms with Crippen molar-refractivity contribution in [3.63, 3.8) is 0 Å². The minimum absolute atomic E-state index is 0.523. The number of benzene rings is 1. The van der Waals surface area contributed by atoms with Crippen molar-refractivity contribution in [1.82, 2.24) is 10.2 Å². The minimum Gasteiger partial charge on any atom is -0.493 e. The first-order valence-corrected chi connectivity index (χ1v) is 8.34. The van der Waals surface area contributed by atoms with Crippen LogP contribution in [0, 0.1) is 5.92 Å². The van der Waals surface area contributed by atoms with Crippen molar-refractivity contribution in [2.24, 2.45) is 5.92 Å². The van der Waals surface area contributed by atoms with E-state index in [1.807, 2.05) is 0 Å². The molecule has 0 aromatic heterocycles. The second-order valence-corrected chi connectivity index (χ2v) is 6.94. The van der Waals surface area contributed by atoms with Crippen LogP contribution in [0.15, 0.2) is 24.3 Å². The zero-order valence-electron chi connectivity index (χ0n) is 13.5. The van der Waals surface area contributed by atoms with Gasteiger partial charge in [0.15, 0.2) is 0 Å². The molecule has 1 saturated heterocycles. The second-order valence-electron chi connectivity index (χ2n) is 6.94. The van der Waals surface area contributed by atoms with Gasteiger partial charge in [0.25, 0.3) is 0 Å². The number of para-hydroxylation sites is 1. The minimum atomic E-state index is 0.523. The highest BCUT2D eigenvalue weighted by Gasteiger charge is 2.30. The van der Waals surface area contributed by atoms with Crippen molar-refractivity contribution in [3.8, 4) is 5.75 Å². The molecule has 0 saturated carbocycles. The lowest BCUT2D eigenvalue weighted by molar-refractivity contribution is 0.171. The van der Waals surface area contributed by atoms with Gasteiger partial charge in [0.05, 0.1) is 6.61 Å². The second kappa shape index (κ2) is 6.37. The summed E-state index contributed by atoms with van der Waals surface area (Å²) in [4.78, 5) is 2.67. The summed E-state index contributed by atoms with van der Waals surface area (Å²) in [5.74, 6) is 2.29. The Morgan fingerprint density at radius 3 is 2.95 bits per heavy atom. The quantitative estimate of drug-likeness (QED) is 0.925. The molecule has 0 bridgehead atoms. The van der Waals surface area contributed by atoms with Gasteiger partial charge in [0, 0.05) is 36.7 Å². The van der Waals surface area contributed by atoms with Gasteiger partial charge >= 0.3 is 0 Å². The summed E-state index contributed by atoms with van der Waals surface area (Å²) >= 11 is 0. The Morgan fingerprint density at radius 1 is 1.33 bits per heavy atom. The van der Waals surface area contributed by atoms with Gasteiger partial charge in [-0.3, -0.25) is 4.90 Å². The summed E-state index contributed by atoms with van der Waals surface area (Å²) in [5, 5.41) is 3.71. The van der Waals surface area contributed by atoms with E-state index in [0.29, 0.717) is 23.9 Å². The van der Waals surface area contributed by atoms with E-state index in [4.69, 9.17) is 4.74 Å². The monoisotopic (exact) mass is 288 g/mol. The highest BCUT2D eigenvalue weighted by Crippen LogP contribution is 2.34. The van der Waals surface area contributed by atoms with Crippen molar-refractivity contribution in [2.75, 3.05) is 26.2 Å². The fraction of sp³-hybridized carbons (Fsp3) is 0.667. The molecule has 2 aliphatic rings. The maximum atomic E-state index is 5.85. The lowest BCUT2D eigenvalue weighted by Crippen LogP contribution is -2.44. The van der Waals surface area contributed by atoms with Crippen LogP contribution in [0.3, 0.4) is 0 Å². The Balaban J connectivity index is 1.71. The lowest BCUT2D eigenvalue weighted by atomic mass is 9.98. The molecular formula is C18H28N2O. The highest BCUT2D eigenvalue weighted by molar-refractivity contribution is 5.39. The predicted molar refractivity (Wildman–Crippen MR) is 87.0 cm³/mol.